The molecule has 2 aliphatic rings. The van der Waals surface area contributed by atoms with E-state index in [9.17, 15) is 0 Å². The third kappa shape index (κ3) is 3.53. The Bertz CT molecular complexity index is 1130. The molecule has 2 atom stereocenters. The fraction of sp³-hybridized carbons (Fsp3) is 0.136. The smallest absolute Gasteiger partial charge is 0.214 e. The van der Waals surface area contributed by atoms with Crippen LogP contribution in [0.1, 0.15) is 35.4 Å². The summed E-state index contributed by atoms with van der Waals surface area (Å²) in [6.45, 7) is 0. The van der Waals surface area contributed by atoms with E-state index < -0.39 is 6.23 Å². The lowest BCUT2D eigenvalue weighted by Gasteiger charge is -2.38. The van der Waals surface area contributed by atoms with Gasteiger partial charge in [0.05, 0.1) is 16.8 Å². The maximum absolute atomic E-state index is 6.50. The molecule has 0 amide bonds. The molecule has 7 heteroatoms. The summed E-state index contributed by atoms with van der Waals surface area (Å²) in [6, 6.07) is 19.4. The van der Waals surface area contributed by atoms with Gasteiger partial charge in [0, 0.05) is 32.1 Å². The summed E-state index contributed by atoms with van der Waals surface area (Å²) < 4.78 is 7.37. The highest BCUT2D eigenvalue weighted by molar-refractivity contribution is 9.10. The van der Waals surface area contributed by atoms with Crippen LogP contribution in [0.25, 0.3) is 0 Å². The first-order chi connectivity index (χ1) is 14.0. The molecule has 2 heterocycles. The average molecular weight is 509 g/mol. The van der Waals surface area contributed by atoms with Crippen LogP contribution in [0.3, 0.4) is 0 Å². The Kier molecular flexibility index (Phi) is 4.99. The Labute approximate surface area is 192 Å². The van der Waals surface area contributed by atoms with Crippen molar-refractivity contribution in [2.45, 2.75) is 18.7 Å². The molecule has 0 saturated carbocycles. The molecular weight excluding hydrogens is 495 g/mol. The van der Waals surface area contributed by atoms with Gasteiger partial charge in [-0.3, -0.25) is 0 Å². The fourth-order valence-electron chi connectivity index (χ4n) is 3.81. The number of ether oxygens (including phenoxy) is 1. The molecule has 3 aromatic carbocycles. The number of rotatable bonds is 2. The SMILES string of the molecule is Clc1cccc([C@H]2Oc3c(Cl)cc(Cl)cc3[C@@H]3CC(c4ccc(Br)cc4)=NN23)c1. The maximum Gasteiger partial charge on any atom is 0.214 e. The minimum absolute atomic E-state index is 0.0300. The second-order valence-electron chi connectivity index (χ2n) is 6.98. The van der Waals surface area contributed by atoms with Gasteiger partial charge in [0.15, 0.2) is 0 Å². The van der Waals surface area contributed by atoms with Crippen molar-refractivity contribution < 1.29 is 4.74 Å². The maximum atomic E-state index is 6.50. The van der Waals surface area contributed by atoms with Crippen molar-refractivity contribution in [3.05, 3.63) is 96.9 Å². The van der Waals surface area contributed by atoms with Crippen LogP contribution in [0, 0.1) is 0 Å². The molecule has 0 unspecified atom stereocenters. The highest BCUT2D eigenvalue weighted by atomic mass is 79.9. The van der Waals surface area contributed by atoms with Gasteiger partial charge in [0.2, 0.25) is 6.23 Å². The van der Waals surface area contributed by atoms with Gasteiger partial charge in [-0.1, -0.05) is 75.0 Å². The lowest BCUT2D eigenvalue weighted by atomic mass is 9.96. The third-order valence-corrected chi connectivity index (χ3v) is 6.38. The lowest BCUT2D eigenvalue weighted by molar-refractivity contribution is -0.0189. The number of benzene rings is 3. The van der Waals surface area contributed by atoms with E-state index in [1.165, 1.54) is 0 Å². The molecule has 0 radical (unpaired) electrons. The van der Waals surface area contributed by atoms with E-state index in [2.05, 4.69) is 28.1 Å². The Morgan fingerprint density at radius 1 is 0.966 bits per heavy atom. The Hall–Kier alpha value is -1.72. The number of hydrogen-bond acceptors (Lipinski definition) is 3. The predicted molar refractivity (Wildman–Crippen MR) is 121 cm³/mol. The molecule has 3 aromatic rings. The van der Waals surface area contributed by atoms with Gasteiger partial charge < -0.3 is 4.74 Å². The Balaban J connectivity index is 1.63. The van der Waals surface area contributed by atoms with Crippen molar-refractivity contribution in [3.63, 3.8) is 0 Å². The molecule has 5 rings (SSSR count). The molecule has 0 aromatic heterocycles. The van der Waals surface area contributed by atoms with Crippen LogP contribution in [-0.2, 0) is 0 Å². The van der Waals surface area contributed by atoms with Gasteiger partial charge in [0.1, 0.15) is 5.75 Å². The van der Waals surface area contributed by atoms with Gasteiger partial charge in [-0.2, -0.15) is 5.10 Å². The number of fused-ring (bicyclic) bond motifs is 3. The second-order valence-corrected chi connectivity index (χ2v) is 9.18. The lowest BCUT2D eigenvalue weighted by Crippen LogP contribution is -2.33. The second kappa shape index (κ2) is 7.51. The van der Waals surface area contributed by atoms with E-state index in [0.717, 1.165) is 33.3 Å². The Morgan fingerprint density at radius 2 is 1.76 bits per heavy atom. The fourth-order valence-corrected chi connectivity index (χ4v) is 4.83. The first-order valence-corrected chi connectivity index (χ1v) is 10.9. The van der Waals surface area contributed by atoms with Gasteiger partial charge in [-0.25, -0.2) is 5.01 Å². The van der Waals surface area contributed by atoms with Crippen LogP contribution in [0.2, 0.25) is 15.1 Å². The number of nitrogens with zero attached hydrogens (tertiary/aromatic N) is 2. The molecule has 0 spiro atoms. The predicted octanol–water partition coefficient (Wildman–Crippen LogP) is 7.65. The van der Waals surface area contributed by atoms with Crippen molar-refractivity contribution in [1.82, 2.24) is 5.01 Å². The average Bonchev–Trinajstić information content (AvgIpc) is 3.14. The molecule has 3 nitrogen and oxygen atoms in total. The summed E-state index contributed by atoms with van der Waals surface area (Å²) in [5, 5.41) is 8.64. The van der Waals surface area contributed by atoms with Crippen molar-refractivity contribution in [1.29, 1.82) is 0 Å². The molecule has 0 N–H and O–H groups in total. The molecule has 0 bridgehead atoms. The van der Waals surface area contributed by atoms with E-state index >= 15 is 0 Å². The van der Waals surface area contributed by atoms with Gasteiger partial charge >= 0.3 is 0 Å². The van der Waals surface area contributed by atoms with E-state index in [4.69, 9.17) is 44.6 Å². The summed E-state index contributed by atoms with van der Waals surface area (Å²) in [6.07, 6.45) is 0.295. The Morgan fingerprint density at radius 3 is 2.52 bits per heavy atom. The van der Waals surface area contributed by atoms with E-state index in [1.807, 2.05) is 47.5 Å². The zero-order valence-corrected chi connectivity index (χ0v) is 18.8. The summed E-state index contributed by atoms with van der Waals surface area (Å²) in [5.41, 5.74) is 3.92. The highest BCUT2D eigenvalue weighted by Crippen LogP contribution is 2.50. The molecule has 146 valence electrons. The van der Waals surface area contributed by atoms with Gasteiger partial charge in [-0.05, 0) is 42.0 Å². The topological polar surface area (TPSA) is 24.8 Å². The van der Waals surface area contributed by atoms with Crippen LogP contribution in [0.4, 0.5) is 0 Å². The van der Waals surface area contributed by atoms with Crippen LogP contribution in [0.15, 0.2) is 70.2 Å². The first-order valence-electron chi connectivity index (χ1n) is 9.02. The van der Waals surface area contributed by atoms with Crippen LogP contribution in [0.5, 0.6) is 5.75 Å². The van der Waals surface area contributed by atoms with Gasteiger partial charge in [-0.15, -0.1) is 0 Å². The quantitative estimate of drug-likeness (QED) is 0.355. The zero-order valence-electron chi connectivity index (χ0n) is 14.9. The van der Waals surface area contributed by atoms with E-state index in [1.54, 1.807) is 6.07 Å². The van der Waals surface area contributed by atoms with Crippen molar-refractivity contribution >= 4 is 56.4 Å². The minimum Gasteiger partial charge on any atom is -0.463 e. The van der Waals surface area contributed by atoms with Crippen molar-refractivity contribution in [3.8, 4) is 5.75 Å². The van der Waals surface area contributed by atoms with Gasteiger partial charge in [0.25, 0.3) is 0 Å². The summed E-state index contributed by atoms with van der Waals surface area (Å²) in [7, 11) is 0. The third-order valence-electron chi connectivity index (χ3n) is 5.12. The largest absolute Gasteiger partial charge is 0.463 e. The van der Waals surface area contributed by atoms with Crippen LogP contribution in [-0.4, -0.2) is 10.7 Å². The molecule has 0 fully saturated rings. The molecule has 0 aliphatic carbocycles. The molecular formula is C22H14BrCl3N2O. The molecule has 0 saturated heterocycles. The number of hydrogen-bond donors (Lipinski definition) is 0. The van der Waals surface area contributed by atoms with E-state index in [0.29, 0.717) is 20.8 Å². The number of hydrazone groups is 1. The normalized spacial score (nSPS) is 20.0. The highest BCUT2D eigenvalue weighted by Gasteiger charge is 2.42. The zero-order chi connectivity index (χ0) is 20.1. The number of halogens is 4. The van der Waals surface area contributed by atoms with Crippen molar-refractivity contribution in [2.24, 2.45) is 5.10 Å². The molecule has 2 aliphatic heterocycles. The van der Waals surface area contributed by atoms with Crippen LogP contribution >= 0.6 is 50.7 Å². The summed E-state index contributed by atoms with van der Waals surface area (Å²) in [5.74, 6) is 0.648. The first kappa shape index (κ1) is 19.3. The summed E-state index contributed by atoms with van der Waals surface area (Å²) >= 11 is 22.5. The molecule has 29 heavy (non-hydrogen) atoms. The monoisotopic (exact) mass is 506 g/mol. The van der Waals surface area contributed by atoms with Crippen molar-refractivity contribution in [2.75, 3.05) is 0 Å². The minimum atomic E-state index is -0.433. The summed E-state index contributed by atoms with van der Waals surface area (Å²) in [4.78, 5) is 0. The standard InChI is InChI=1S/C22H14BrCl3N2O/c23-14-6-4-12(5-7-14)19-11-20-17-9-16(25)10-18(26)21(17)29-22(28(20)27-19)13-2-1-3-15(24)8-13/h1-10,20,22H,11H2/t20-,22+/m0/s1. The van der Waals surface area contributed by atoms with E-state index in [-0.39, 0.29) is 6.04 Å². The van der Waals surface area contributed by atoms with Crippen LogP contribution < -0.4 is 4.74 Å².